The number of alkyl halides is 3. The number of rotatable bonds is 2. The minimum Gasteiger partial charge on any atom is -0.454 e. The Balaban J connectivity index is 1.97. The molecule has 3 rings (SSSR count). The minimum atomic E-state index is -4.79. The number of halogens is 3. The molecule has 4 nitrogen and oxygen atoms in total. The van der Waals surface area contributed by atoms with Gasteiger partial charge < -0.3 is 19.9 Å². The van der Waals surface area contributed by atoms with Gasteiger partial charge in [-0.2, -0.15) is 0 Å². The van der Waals surface area contributed by atoms with Crippen molar-refractivity contribution in [2.75, 3.05) is 12.5 Å². The summed E-state index contributed by atoms with van der Waals surface area (Å²) in [7, 11) is 0. The van der Waals surface area contributed by atoms with Crippen LogP contribution in [0.1, 0.15) is 0 Å². The first-order valence-corrected chi connectivity index (χ1v) is 5.98. The van der Waals surface area contributed by atoms with Crippen LogP contribution in [-0.4, -0.2) is 13.2 Å². The van der Waals surface area contributed by atoms with Crippen molar-refractivity contribution < 1.29 is 27.4 Å². The Bertz CT molecular complexity index is 686. The summed E-state index contributed by atoms with van der Waals surface area (Å²) in [6.45, 7) is 0.128. The molecule has 0 aromatic heterocycles. The SMILES string of the molecule is Nc1ccc(-c2ccc3c(c2)OCO3)cc1OC(F)(F)F. The van der Waals surface area contributed by atoms with Crippen LogP contribution < -0.4 is 19.9 Å². The Morgan fingerprint density at radius 3 is 2.38 bits per heavy atom. The van der Waals surface area contributed by atoms with Crippen molar-refractivity contribution in [2.45, 2.75) is 6.36 Å². The number of nitrogens with two attached hydrogens (primary N) is 1. The van der Waals surface area contributed by atoms with Gasteiger partial charge in [0.25, 0.3) is 0 Å². The van der Waals surface area contributed by atoms with Gasteiger partial charge in [-0.1, -0.05) is 12.1 Å². The van der Waals surface area contributed by atoms with Crippen molar-refractivity contribution in [3.63, 3.8) is 0 Å². The van der Waals surface area contributed by atoms with E-state index in [-0.39, 0.29) is 12.5 Å². The number of benzene rings is 2. The van der Waals surface area contributed by atoms with Gasteiger partial charge in [-0.25, -0.2) is 0 Å². The molecule has 0 spiro atoms. The average molecular weight is 297 g/mol. The maximum absolute atomic E-state index is 12.3. The van der Waals surface area contributed by atoms with E-state index in [1.165, 1.54) is 12.1 Å². The van der Waals surface area contributed by atoms with Gasteiger partial charge in [-0.3, -0.25) is 0 Å². The van der Waals surface area contributed by atoms with Crippen molar-refractivity contribution >= 4 is 5.69 Å². The number of hydrogen-bond donors (Lipinski definition) is 1. The van der Waals surface area contributed by atoms with Gasteiger partial charge >= 0.3 is 6.36 Å². The predicted molar refractivity (Wildman–Crippen MR) is 69.1 cm³/mol. The average Bonchev–Trinajstić information content (AvgIpc) is 2.87. The highest BCUT2D eigenvalue weighted by atomic mass is 19.4. The molecule has 0 saturated heterocycles. The van der Waals surface area contributed by atoms with Crippen LogP contribution >= 0.6 is 0 Å². The summed E-state index contributed by atoms with van der Waals surface area (Å²) in [5, 5.41) is 0. The van der Waals surface area contributed by atoms with Gasteiger partial charge in [0.2, 0.25) is 6.79 Å². The summed E-state index contributed by atoms with van der Waals surface area (Å²) in [6.07, 6.45) is -4.79. The second-order valence-corrected chi connectivity index (χ2v) is 4.37. The molecule has 2 N–H and O–H groups in total. The van der Waals surface area contributed by atoms with E-state index in [0.29, 0.717) is 22.6 Å². The highest BCUT2D eigenvalue weighted by molar-refractivity contribution is 5.72. The predicted octanol–water partition coefficient (Wildman–Crippen LogP) is 3.56. The van der Waals surface area contributed by atoms with Crippen molar-refractivity contribution in [3.8, 4) is 28.4 Å². The lowest BCUT2D eigenvalue weighted by molar-refractivity contribution is -0.274. The first-order chi connectivity index (χ1) is 9.92. The molecule has 1 aliphatic rings. The van der Waals surface area contributed by atoms with Gasteiger partial charge in [0, 0.05) is 0 Å². The Morgan fingerprint density at radius 2 is 1.62 bits per heavy atom. The molecular weight excluding hydrogens is 287 g/mol. The van der Waals surface area contributed by atoms with Crippen LogP contribution in [0.5, 0.6) is 17.2 Å². The van der Waals surface area contributed by atoms with E-state index in [9.17, 15) is 13.2 Å². The van der Waals surface area contributed by atoms with E-state index >= 15 is 0 Å². The van der Waals surface area contributed by atoms with Crippen LogP contribution in [0.15, 0.2) is 36.4 Å². The van der Waals surface area contributed by atoms with Gasteiger partial charge in [0.1, 0.15) is 0 Å². The maximum atomic E-state index is 12.3. The van der Waals surface area contributed by atoms with Crippen molar-refractivity contribution in [2.24, 2.45) is 0 Å². The van der Waals surface area contributed by atoms with E-state index in [4.69, 9.17) is 15.2 Å². The Morgan fingerprint density at radius 1 is 0.952 bits per heavy atom. The lowest BCUT2D eigenvalue weighted by Gasteiger charge is -2.12. The Hall–Kier alpha value is -2.57. The standard InChI is InChI=1S/C14H10F3NO3/c15-14(16,17)21-12-5-8(1-3-10(12)18)9-2-4-11-13(6-9)20-7-19-11/h1-6H,7,18H2. The fourth-order valence-corrected chi connectivity index (χ4v) is 2.00. The number of anilines is 1. The molecule has 1 aliphatic heterocycles. The summed E-state index contributed by atoms with van der Waals surface area (Å²) in [4.78, 5) is 0. The molecule has 110 valence electrons. The zero-order valence-electron chi connectivity index (χ0n) is 10.6. The molecular formula is C14H10F3NO3. The fourth-order valence-electron chi connectivity index (χ4n) is 2.00. The van der Waals surface area contributed by atoms with Crippen molar-refractivity contribution in [3.05, 3.63) is 36.4 Å². The van der Waals surface area contributed by atoms with Gasteiger partial charge in [-0.05, 0) is 35.4 Å². The summed E-state index contributed by atoms with van der Waals surface area (Å²) in [5.41, 5.74) is 6.61. The number of fused-ring (bicyclic) bond motifs is 1. The third-order valence-electron chi connectivity index (χ3n) is 2.95. The molecule has 7 heteroatoms. The monoisotopic (exact) mass is 297 g/mol. The molecule has 0 saturated carbocycles. The molecule has 0 bridgehead atoms. The summed E-state index contributed by atoms with van der Waals surface area (Å²) >= 11 is 0. The van der Waals surface area contributed by atoms with E-state index in [0.717, 1.165) is 0 Å². The van der Waals surface area contributed by atoms with Crippen LogP contribution in [0, 0.1) is 0 Å². The van der Waals surface area contributed by atoms with Gasteiger partial charge in [-0.15, -0.1) is 13.2 Å². The highest BCUT2D eigenvalue weighted by Crippen LogP contribution is 2.38. The van der Waals surface area contributed by atoms with E-state index in [1.54, 1.807) is 24.3 Å². The summed E-state index contributed by atoms with van der Waals surface area (Å²) in [6, 6.07) is 9.30. The third-order valence-corrected chi connectivity index (χ3v) is 2.95. The van der Waals surface area contributed by atoms with Crippen molar-refractivity contribution in [1.29, 1.82) is 0 Å². The summed E-state index contributed by atoms with van der Waals surface area (Å²) in [5.74, 6) is 0.709. The van der Waals surface area contributed by atoms with E-state index in [2.05, 4.69) is 4.74 Å². The maximum Gasteiger partial charge on any atom is 0.573 e. The topological polar surface area (TPSA) is 53.7 Å². The molecule has 21 heavy (non-hydrogen) atoms. The molecule has 0 radical (unpaired) electrons. The Kier molecular flexibility index (Phi) is 3.04. The van der Waals surface area contributed by atoms with Crippen LogP contribution in [0.4, 0.5) is 18.9 Å². The second kappa shape index (κ2) is 4.76. The van der Waals surface area contributed by atoms with Gasteiger partial charge in [0.15, 0.2) is 17.2 Å². The molecule has 0 unspecified atom stereocenters. The lowest BCUT2D eigenvalue weighted by atomic mass is 10.0. The molecule has 0 fully saturated rings. The quantitative estimate of drug-likeness (QED) is 0.861. The first-order valence-electron chi connectivity index (χ1n) is 5.98. The minimum absolute atomic E-state index is 0.0863. The smallest absolute Gasteiger partial charge is 0.454 e. The highest BCUT2D eigenvalue weighted by Gasteiger charge is 2.32. The second-order valence-electron chi connectivity index (χ2n) is 4.37. The first kappa shape index (κ1) is 13.4. The normalized spacial score (nSPS) is 13.3. The zero-order chi connectivity index (χ0) is 15.0. The largest absolute Gasteiger partial charge is 0.573 e. The summed E-state index contributed by atoms with van der Waals surface area (Å²) < 4.78 is 51.3. The lowest BCUT2D eigenvalue weighted by Crippen LogP contribution is -2.18. The van der Waals surface area contributed by atoms with Crippen LogP contribution in [0.3, 0.4) is 0 Å². The zero-order valence-corrected chi connectivity index (χ0v) is 10.6. The van der Waals surface area contributed by atoms with Crippen LogP contribution in [0.25, 0.3) is 11.1 Å². The molecule has 2 aromatic carbocycles. The molecule has 0 atom stereocenters. The van der Waals surface area contributed by atoms with Crippen LogP contribution in [-0.2, 0) is 0 Å². The fraction of sp³-hybridized carbons (Fsp3) is 0.143. The third kappa shape index (κ3) is 2.81. The molecule has 0 amide bonds. The molecule has 2 aromatic rings. The number of ether oxygens (including phenoxy) is 3. The van der Waals surface area contributed by atoms with E-state index in [1.807, 2.05) is 0 Å². The molecule has 0 aliphatic carbocycles. The van der Waals surface area contributed by atoms with E-state index < -0.39 is 12.1 Å². The van der Waals surface area contributed by atoms with Gasteiger partial charge in [0.05, 0.1) is 5.69 Å². The number of hydrogen-bond acceptors (Lipinski definition) is 4. The van der Waals surface area contributed by atoms with Crippen LogP contribution in [0.2, 0.25) is 0 Å². The Labute approximate surface area is 117 Å². The van der Waals surface area contributed by atoms with Crippen molar-refractivity contribution in [1.82, 2.24) is 0 Å². The number of nitrogen functional groups attached to an aromatic ring is 1. The molecule has 1 heterocycles.